The van der Waals surface area contributed by atoms with Crippen LogP contribution < -0.4 is 19.5 Å². The van der Waals surface area contributed by atoms with Gasteiger partial charge in [0.15, 0.2) is 12.6 Å². The molecule has 0 aliphatic heterocycles. The number of benzene rings is 2. The van der Waals surface area contributed by atoms with E-state index in [1.807, 2.05) is 32.9 Å². The summed E-state index contributed by atoms with van der Waals surface area (Å²) in [7, 11) is 3.03. The molecule has 0 saturated carbocycles. The molecule has 0 aromatic heterocycles. The van der Waals surface area contributed by atoms with Gasteiger partial charge in [-0.1, -0.05) is 36.8 Å². The lowest BCUT2D eigenvalue weighted by Crippen LogP contribution is -2.11. The van der Waals surface area contributed by atoms with E-state index in [2.05, 4.69) is 11.4 Å². The summed E-state index contributed by atoms with van der Waals surface area (Å²) < 4.78 is 22.7. The second kappa shape index (κ2) is 14.0. The molecule has 7 heteroatoms. The zero-order valence-corrected chi connectivity index (χ0v) is 21.4. The number of methoxy groups -OCH3 is 2. The molecule has 0 unspecified atom stereocenters. The van der Waals surface area contributed by atoms with Crippen LogP contribution in [0.4, 0.5) is 5.69 Å². The summed E-state index contributed by atoms with van der Waals surface area (Å²) in [5.74, 6) is 0.930. The first-order valence-corrected chi connectivity index (χ1v) is 11.5. The van der Waals surface area contributed by atoms with Crippen LogP contribution in [0.25, 0.3) is 6.08 Å². The van der Waals surface area contributed by atoms with E-state index < -0.39 is 0 Å². The van der Waals surface area contributed by atoms with Gasteiger partial charge in [0.1, 0.15) is 22.8 Å². The quantitative estimate of drug-likeness (QED) is 0.168. The van der Waals surface area contributed by atoms with Crippen molar-refractivity contribution in [2.24, 2.45) is 0 Å². The zero-order valence-electron chi connectivity index (χ0n) is 21.4. The number of carbonyl (C=O) groups excluding carboxylic acids is 2. The van der Waals surface area contributed by atoms with Crippen LogP contribution in [0, 0.1) is 0 Å². The molecular weight excluding hydrogens is 446 g/mol. The fraction of sp³-hybridized carbons (Fsp3) is 0.357. The summed E-state index contributed by atoms with van der Waals surface area (Å²) >= 11 is 0. The van der Waals surface area contributed by atoms with Crippen molar-refractivity contribution >= 4 is 23.5 Å². The summed E-state index contributed by atoms with van der Waals surface area (Å²) in [5, 5.41) is 2.72. The Morgan fingerprint density at radius 2 is 1.71 bits per heavy atom. The van der Waals surface area contributed by atoms with E-state index in [0.29, 0.717) is 41.5 Å². The maximum Gasteiger partial charge on any atom is 0.221 e. The Kier molecular flexibility index (Phi) is 11.0. The highest BCUT2D eigenvalue weighted by atomic mass is 16.7. The first kappa shape index (κ1) is 27.7. The molecule has 0 spiro atoms. The zero-order chi connectivity index (χ0) is 25.8. The minimum Gasteiger partial charge on any atom is -0.496 e. The van der Waals surface area contributed by atoms with Gasteiger partial charge in [-0.05, 0) is 50.5 Å². The highest BCUT2D eigenvalue weighted by molar-refractivity contribution is 6.11. The van der Waals surface area contributed by atoms with Crippen molar-refractivity contribution < 1.29 is 28.5 Å². The number of ether oxygens (including phenoxy) is 4. The predicted molar refractivity (Wildman–Crippen MR) is 139 cm³/mol. The Bertz CT molecular complexity index is 1070. The number of rotatable bonds is 13. The van der Waals surface area contributed by atoms with Crippen molar-refractivity contribution in [3.8, 4) is 17.2 Å². The van der Waals surface area contributed by atoms with Gasteiger partial charge >= 0.3 is 0 Å². The molecule has 188 valence electrons. The van der Waals surface area contributed by atoms with Crippen LogP contribution in [-0.2, 0) is 16.0 Å². The van der Waals surface area contributed by atoms with E-state index in [4.69, 9.17) is 18.9 Å². The van der Waals surface area contributed by atoms with Crippen LogP contribution in [0.5, 0.6) is 17.2 Å². The molecule has 0 aliphatic carbocycles. The normalized spacial score (nSPS) is 10.7. The molecule has 0 atom stereocenters. The lowest BCUT2D eigenvalue weighted by Gasteiger charge is -2.20. The van der Waals surface area contributed by atoms with Crippen molar-refractivity contribution in [3.63, 3.8) is 0 Å². The van der Waals surface area contributed by atoms with E-state index in [9.17, 15) is 9.59 Å². The topological polar surface area (TPSA) is 83.1 Å². The third-order valence-corrected chi connectivity index (χ3v) is 4.93. The average Bonchev–Trinajstić information content (AvgIpc) is 2.83. The summed E-state index contributed by atoms with van der Waals surface area (Å²) in [5.41, 5.74) is 3.68. The monoisotopic (exact) mass is 481 g/mol. The molecular formula is C28H35NO6. The predicted octanol–water partition coefficient (Wildman–Crippen LogP) is 5.83. The van der Waals surface area contributed by atoms with Crippen LogP contribution >= 0.6 is 0 Å². The molecule has 1 N–H and O–H groups in total. The third kappa shape index (κ3) is 8.30. The molecule has 2 rings (SSSR count). The third-order valence-electron chi connectivity index (χ3n) is 4.93. The summed E-state index contributed by atoms with van der Waals surface area (Å²) in [4.78, 5) is 24.6. The number of carbonyl (C=O) groups is 2. The molecule has 0 saturated heterocycles. The second-order valence-electron chi connectivity index (χ2n) is 8.15. The van der Waals surface area contributed by atoms with Gasteiger partial charge < -0.3 is 24.3 Å². The highest BCUT2D eigenvalue weighted by Crippen LogP contribution is 2.41. The van der Waals surface area contributed by atoms with Crippen LogP contribution in [0.2, 0.25) is 0 Å². The molecule has 0 heterocycles. The van der Waals surface area contributed by atoms with E-state index >= 15 is 0 Å². The van der Waals surface area contributed by atoms with Gasteiger partial charge in [0.2, 0.25) is 5.91 Å². The standard InChI is InChI=1S/C28H35NO6/c1-7-16-34-25-17-26(33-6)27(28(35-18-32-5)23(25)14-8-19(2)3)24(31)15-11-21-9-12-22(13-10-21)29-20(4)30/h8-13,15,17H,7,14,16,18H2,1-6H3,(H,29,30)/b15-11+. The Balaban J connectivity index is 2.53. The number of nitrogens with one attached hydrogen (secondary N) is 1. The molecule has 7 nitrogen and oxygen atoms in total. The number of amides is 1. The average molecular weight is 482 g/mol. The summed E-state index contributed by atoms with van der Waals surface area (Å²) in [6, 6.07) is 8.92. The minimum absolute atomic E-state index is 0.0309. The second-order valence-corrected chi connectivity index (χ2v) is 8.15. The SMILES string of the molecule is CCCOc1cc(OC)c(C(=O)/C=C/c2ccc(NC(C)=O)cc2)c(OCOC)c1CC=C(C)C. The van der Waals surface area contributed by atoms with Crippen molar-refractivity contribution in [2.45, 2.75) is 40.5 Å². The largest absolute Gasteiger partial charge is 0.496 e. The first-order valence-electron chi connectivity index (χ1n) is 11.5. The molecule has 0 bridgehead atoms. The van der Waals surface area contributed by atoms with E-state index in [0.717, 1.165) is 23.1 Å². The van der Waals surface area contributed by atoms with Crippen molar-refractivity contribution in [1.29, 1.82) is 0 Å². The van der Waals surface area contributed by atoms with E-state index in [-0.39, 0.29) is 18.5 Å². The highest BCUT2D eigenvalue weighted by Gasteiger charge is 2.24. The molecule has 0 aliphatic rings. The number of hydrogen-bond donors (Lipinski definition) is 1. The summed E-state index contributed by atoms with van der Waals surface area (Å²) in [6.45, 7) is 8.00. The Morgan fingerprint density at radius 3 is 2.29 bits per heavy atom. The molecule has 0 fully saturated rings. The number of hydrogen-bond acceptors (Lipinski definition) is 6. The maximum atomic E-state index is 13.4. The van der Waals surface area contributed by atoms with Gasteiger partial charge in [-0.3, -0.25) is 9.59 Å². The minimum atomic E-state index is -0.278. The molecule has 1 amide bonds. The molecule has 2 aromatic rings. The van der Waals surface area contributed by atoms with Crippen LogP contribution in [0.1, 0.15) is 55.6 Å². The fourth-order valence-corrected chi connectivity index (χ4v) is 3.30. The van der Waals surface area contributed by atoms with Gasteiger partial charge in [0.25, 0.3) is 0 Å². The van der Waals surface area contributed by atoms with Gasteiger partial charge in [0.05, 0.1) is 13.7 Å². The molecule has 2 aromatic carbocycles. The number of anilines is 1. The Labute approximate surface area is 207 Å². The van der Waals surface area contributed by atoms with Crippen LogP contribution in [0.15, 0.2) is 48.1 Å². The molecule has 0 radical (unpaired) electrons. The lowest BCUT2D eigenvalue weighted by atomic mass is 9.98. The van der Waals surface area contributed by atoms with Gasteiger partial charge in [-0.25, -0.2) is 0 Å². The number of allylic oxidation sites excluding steroid dienone is 3. The van der Waals surface area contributed by atoms with E-state index in [1.54, 1.807) is 24.3 Å². The van der Waals surface area contributed by atoms with Gasteiger partial charge in [0, 0.05) is 31.4 Å². The van der Waals surface area contributed by atoms with Crippen molar-refractivity contribution in [2.75, 3.05) is 32.9 Å². The Hall–Kier alpha value is -3.58. The molecule has 35 heavy (non-hydrogen) atoms. The first-order chi connectivity index (χ1) is 16.8. The smallest absolute Gasteiger partial charge is 0.221 e. The van der Waals surface area contributed by atoms with Gasteiger partial charge in [-0.15, -0.1) is 0 Å². The van der Waals surface area contributed by atoms with Crippen molar-refractivity contribution in [3.05, 3.63) is 64.7 Å². The van der Waals surface area contributed by atoms with Crippen LogP contribution in [-0.4, -0.2) is 39.3 Å². The van der Waals surface area contributed by atoms with Gasteiger partial charge in [-0.2, -0.15) is 0 Å². The Morgan fingerprint density at radius 1 is 1.00 bits per heavy atom. The van der Waals surface area contributed by atoms with E-state index in [1.165, 1.54) is 27.2 Å². The lowest BCUT2D eigenvalue weighted by molar-refractivity contribution is -0.114. The maximum absolute atomic E-state index is 13.4. The fourth-order valence-electron chi connectivity index (χ4n) is 3.30. The van der Waals surface area contributed by atoms with Crippen molar-refractivity contribution in [1.82, 2.24) is 0 Å². The summed E-state index contributed by atoms with van der Waals surface area (Å²) in [6.07, 6.45) is 6.60. The van der Waals surface area contributed by atoms with Crippen LogP contribution in [0.3, 0.4) is 0 Å². The number of ketones is 1.